The Hall–Kier alpha value is -4.83. The number of aliphatic hydroxyl groups is 3. The quantitative estimate of drug-likeness (QED) is 0.0936. The number of anilines is 1. The van der Waals surface area contributed by atoms with Crippen molar-refractivity contribution < 1.29 is 49.3 Å². The number of ether oxygens (including phenoxy) is 3. The first-order valence-corrected chi connectivity index (χ1v) is 16.5. The Morgan fingerprint density at radius 3 is 2.24 bits per heavy atom. The summed E-state index contributed by atoms with van der Waals surface area (Å²) < 4.78 is 17.5. The SMILES string of the molecule is COC1/C=C/OC2(C)Oc3c(C)c(O)c4c(O)c(cc(N=NC(=N)N)c4c3C2=O)NC(=O)/C(C)=C/C=C/C(C)C(O)C(C)C(O)C(C)C(O)C1C. The molecule has 0 radical (unpaired) electrons. The van der Waals surface area contributed by atoms with Gasteiger partial charge in [-0.1, -0.05) is 45.9 Å². The summed E-state index contributed by atoms with van der Waals surface area (Å²) in [7, 11) is 1.43. The van der Waals surface area contributed by atoms with Gasteiger partial charge in [0.15, 0.2) is 5.75 Å². The van der Waals surface area contributed by atoms with Crippen molar-refractivity contribution in [3.05, 3.63) is 53.3 Å². The second-order valence-electron chi connectivity index (χ2n) is 13.4. The third-order valence-corrected chi connectivity index (χ3v) is 9.84. The third kappa shape index (κ3) is 7.47. The number of amides is 1. The van der Waals surface area contributed by atoms with E-state index in [4.69, 9.17) is 25.4 Å². The predicted octanol–water partition coefficient (Wildman–Crippen LogP) is 4.45. The van der Waals surface area contributed by atoms with Crippen LogP contribution in [-0.4, -0.2) is 80.5 Å². The number of nitrogens with two attached hydrogens (primary N) is 1. The molecule has 15 heteroatoms. The summed E-state index contributed by atoms with van der Waals surface area (Å²) in [4.78, 5) is 27.4. The molecule has 276 valence electrons. The van der Waals surface area contributed by atoms with Crippen LogP contribution in [0.2, 0.25) is 0 Å². The number of phenols is 2. The maximum Gasteiger partial charge on any atom is 0.312 e. The van der Waals surface area contributed by atoms with Crippen LogP contribution in [0.1, 0.15) is 57.5 Å². The standard InChI is InChI=1S/C36H47N5O10/c1-15-10-9-11-16(2)34(48)39-22-14-21(40-41-35(37)38)24-25(31(22)46)30(45)20(6)32-26(24)33(47)36(7,51-32)50-13-12-23(49-8)17(3)28(43)19(5)29(44)18(4)27(15)42/h9-15,17-19,23,27-29,42-46H,1-8H3,(H3,37,38)(H,39,48)/b10-9+,13-12+,16-11+,41-40?. The number of Topliss-reactive ketones (excluding diaryl/α,β-unsaturated/α-hetero) is 1. The number of azo groups is 1. The van der Waals surface area contributed by atoms with Gasteiger partial charge in [-0.25, -0.2) is 0 Å². The van der Waals surface area contributed by atoms with Gasteiger partial charge in [0.05, 0.1) is 53.0 Å². The molecule has 3 aliphatic rings. The summed E-state index contributed by atoms with van der Waals surface area (Å²) >= 11 is 0. The van der Waals surface area contributed by atoms with Gasteiger partial charge in [0.25, 0.3) is 11.7 Å². The van der Waals surface area contributed by atoms with Crippen LogP contribution in [0.5, 0.6) is 17.2 Å². The topological polar surface area (TPSA) is 250 Å². The Balaban J connectivity index is 1.93. The Morgan fingerprint density at radius 1 is 0.980 bits per heavy atom. The molecule has 3 aliphatic heterocycles. The molecular formula is C36H47N5O10. The molecule has 15 nitrogen and oxygen atoms in total. The molecule has 0 spiro atoms. The second kappa shape index (κ2) is 15.2. The number of rotatable bonds is 2. The van der Waals surface area contributed by atoms with Crippen LogP contribution in [-0.2, 0) is 14.3 Å². The highest BCUT2D eigenvalue weighted by molar-refractivity contribution is 6.22. The van der Waals surface area contributed by atoms with E-state index >= 15 is 0 Å². The molecule has 0 fully saturated rings. The molecule has 5 bridgehead atoms. The molecule has 1 amide bonds. The zero-order valence-electron chi connectivity index (χ0n) is 29.8. The van der Waals surface area contributed by atoms with E-state index in [2.05, 4.69) is 15.5 Å². The van der Waals surface area contributed by atoms with Crippen molar-refractivity contribution in [2.75, 3.05) is 12.4 Å². The van der Waals surface area contributed by atoms with Gasteiger partial charge in [-0.15, -0.1) is 10.2 Å². The minimum Gasteiger partial charge on any atom is -0.507 e. The normalized spacial score (nSPS) is 33.0. The van der Waals surface area contributed by atoms with Gasteiger partial charge < -0.3 is 50.8 Å². The number of aliphatic hydroxyl groups excluding tert-OH is 3. The molecule has 0 saturated carbocycles. The fourth-order valence-corrected chi connectivity index (χ4v) is 6.45. The Morgan fingerprint density at radius 2 is 1.61 bits per heavy atom. The van der Waals surface area contributed by atoms with Crippen LogP contribution < -0.4 is 15.8 Å². The Labute approximate surface area is 295 Å². The lowest BCUT2D eigenvalue weighted by Crippen LogP contribution is -2.44. The van der Waals surface area contributed by atoms with Crippen molar-refractivity contribution in [3.63, 3.8) is 0 Å². The lowest BCUT2D eigenvalue weighted by molar-refractivity contribution is -0.112. The van der Waals surface area contributed by atoms with Crippen LogP contribution in [0.25, 0.3) is 10.8 Å². The average Bonchev–Trinajstić information content (AvgIpc) is 3.36. The van der Waals surface area contributed by atoms with E-state index in [-0.39, 0.29) is 44.6 Å². The lowest BCUT2D eigenvalue weighted by Gasteiger charge is -2.36. The van der Waals surface area contributed by atoms with E-state index in [9.17, 15) is 35.1 Å². The molecule has 2 aromatic rings. The molecule has 0 aliphatic carbocycles. The number of fused-ring (bicyclic) bond motifs is 14. The van der Waals surface area contributed by atoms with Crippen molar-refractivity contribution in [3.8, 4) is 17.2 Å². The highest BCUT2D eigenvalue weighted by Gasteiger charge is 2.49. The van der Waals surface area contributed by atoms with E-state index in [1.54, 1.807) is 39.8 Å². The number of hydrogen-bond donors (Lipinski definition) is 8. The lowest BCUT2D eigenvalue weighted by atomic mass is 9.78. The minimum atomic E-state index is -1.99. The molecule has 51 heavy (non-hydrogen) atoms. The largest absolute Gasteiger partial charge is 0.507 e. The molecule has 9 N–H and O–H groups in total. The van der Waals surface area contributed by atoms with Crippen LogP contribution in [0.3, 0.4) is 0 Å². The van der Waals surface area contributed by atoms with Gasteiger partial charge >= 0.3 is 5.79 Å². The summed E-state index contributed by atoms with van der Waals surface area (Å²) in [6.45, 7) is 11.2. The maximum absolute atomic E-state index is 14.1. The average molecular weight is 710 g/mol. The third-order valence-electron chi connectivity index (χ3n) is 9.84. The molecule has 9 atom stereocenters. The fraction of sp³-hybridized carbons (Fsp3) is 0.472. The number of hydrogen-bond acceptors (Lipinski definition) is 12. The van der Waals surface area contributed by atoms with Crippen LogP contribution in [0.4, 0.5) is 11.4 Å². The molecule has 3 heterocycles. The fourth-order valence-electron chi connectivity index (χ4n) is 6.45. The minimum absolute atomic E-state index is 0.0622. The molecule has 5 rings (SSSR count). The number of benzene rings is 2. The van der Waals surface area contributed by atoms with Gasteiger partial charge in [0, 0.05) is 54.2 Å². The van der Waals surface area contributed by atoms with Crippen molar-refractivity contribution in [1.82, 2.24) is 0 Å². The van der Waals surface area contributed by atoms with Gasteiger partial charge in [-0.2, -0.15) is 0 Å². The van der Waals surface area contributed by atoms with Gasteiger partial charge in [0.2, 0.25) is 5.96 Å². The molecule has 0 aromatic heterocycles. The summed E-state index contributed by atoms with van der Waals surface area (Å²) in [6, 6.07) is 1.21. The number of methoxy groups -OCH3 is 1. The van der Waals surface area contributed by atoms with Crippen molar-refractivity contribution in [2.24, 2.45) is 39.6 Å². The van der Waals surface area contributed by atoms with E-state index in [1.807, 2.05) is 0 Å². The first-order valence-electron chi connectivity index (χ1n) is 16.5. The Bertz CT molecular complexity index is 1840. The summed E-state index contributed by atoms with van der Waals surface area (Å²) in [5.74, 6) is -7.55. The first kappa shape index (κ1) is 39.0. The molecule has 0 saturated heterocycles. The zero-order chi connectivity index (χ0) is 38.1. The van der Waals surface area contributed by atoms with E-state index in [0.29, 0.717) is 0 Å². The summed E-state index contributed by atoms with van der Waals surface area (Å²) in [5, 5.41) is 73.7. The maximum atomic E-state index is 14.1. The molecular weight excluding hydrogens is 662 g/mol. The van der Waals surface area contributed by atoms with E-state index in [0.717, 1.165) is 0 Å². The number of ketones is 1. The monoisotopic (exact) mass is 709 g/mol. The smallest absolute Gasteiger partial charge is 0.312 e. The predicted molar refractivity (Wildman–Crippen MR) is 189 cm³/mol. The highest BCUT2D eigenvalue weighted by atomic mass is 16.7. The number of nitrogens with one attached hydrogen (secondary N) is 2. The number of allylic oxidation sites excluding steroid dienone is 2. The van der Waals surface area contributed by atoms with Crippen LogP contribution in [0.15, 0.2) is 52.4 Å². The Kier molecular flexibility index (Phi) is 11.6. The second-order valence-corrected chi connectivity index (χ2v) is 13.4. The van der Waals surface area contributed by atoms with Gasteiger partial charge in [0.1, 0.15) is 11.5 Å². The van der Waals surface area contributed by atoms with Crippen molar-refractivity contribution in [1.29, 1.82) is 5.41 Å². The number of aromatic hydroxyl groups is 2. The van der Waals surface area contributed by atoms with Gasteiger partial charge in [-0.3, -0.25) is 15.0 Å². The molecule has 9 unspecified atom stereocenters. The number of guanidine groups is 1. The van der Waals surface area contributed by atoms with Crippen molar-refractivity contribution >= 4 is 39.8 Å². The number of phenolic OH excluding ortho intramolecular Hbond substituents is 2. The molecule has 2 aromatic carbocycles. The first-order chi connectivity index (χ1) is 23.9. The highest BCUT2D eigenvalue weighted by Crippen LogP contribution is 2.54. The zero-order valence-corrected chi connectivity index (χ0v) is 29.8. The summed E-state index contributed by atoms with van der Waals surface area (Å²) in [6.07, 6.45) is 3.45. The van der Waals surface area contributed by atoms with Crippen LogP contribution >= 0.6 is 0 Å². The summed E-state index contributed by atoms with van der Waals surface area (Å²) in [5.41, 5.74) is 5.26. The van der Waals surface area contributed by atoms with E-state index in [1.165, 1.54) is 52.4 Å². The number of nitrogens with zero attached hydrogens (tertiary/aromatic N) is 2. The van der Waals surface area contributed by atoms with Crippen molar-refractivity contribution in [2.45, 2.75) is 78.7 Å². The number of carbonyl (C=O) groups is 2. The van der Waals surface area contributed by atoms with Crippen LogP contribution in [0, 0.1) is 36.0 Å². The van der Waals surface area contributed by atoms with Gasteiger partial charge in [-0.05, 0) is 26.0 Å². The van der Waals surface area contributed by atoms with E-state index < -0.39 is 83.0 Å². The number of carbonyl (C=O) groups excluding carboxylic acids is 2.